The highest BCUT2D eigenvalue weighted by atomic mass is 16.6. The predicted octanol–water partition coefficient (Wildman–Crippen LogP) is -1.59. The molecule has 0 unspecified atom stereocenters. The molecule has 0 aromatic carbocycles. The second-order valence-corrected chi connectivity index (χ2v) is 0.346. The Bertz CT molecular complexity index is 11.6. The highest BCUT2D eigenvalue weighted by Crippen LogP contribution is 1.49. The maximum Gasteiger partial charge on any atom is 0.263 e. The molecule has 0 rings (SSSR count). The van der Waals surface area contributed by atoms with Crippen molar-refractivity contribution in [1.29, 1.82) is 0 Å². The van der Waals surface area contributed by atoms with E-state index in [1.54, 1.807) is 0 Å². The van der Waals surface area contributed by atoms with Crippen LogP contribution in [0.1, 0.15) is 0 Å². The molecule has 0 aromatic rings. The lowest BCUT2D eigenvalue weighted by molar-refractivity contribution is -0.198. The SMILES string of the molecule is N.OC(O)O. The summed E-state index contributed by atoms with van der Waals surface area (Å²) in [5.41, 5.74) is 0. The average molecular weight is 81.1 g/mol. The second-order valence-electron chi connectivity index (χ2n) is 0.346. The van der Waals surface area contributed by atoms with E-state index in [1.807, 2.05) is 0 Å². The summed E-state index contributed by atoms with van der Waals surface area (Å²) in [6.07, 6.45) is 0. The van der Waals surface area contributed by atoms with E-state index in [1.165, 1.54) is 0 Å². The maximum absolute atomic E-state index is 7.17. The summed E-state index contributed by atoms with van der Waals surface area (Å²) in [5, 5.41) is 21.5. The summed E-state index contributed by atoms with van der Waals surface area (Å²) in [5.74, 6) is 0. The van der Waals surface area contributed by atoms with Crippen LogP contribution in [0.4, 0.5) is 0 Å². The molecule has 0 atom stereocenters. The zero-order valence-corrected chi connectivity index (χ0v) is 2.63. The lowest BCUT2D eigenvalue weighted by atomic mass is 11.4. The molecule has 0 saturated carbocycles. The minimum absolute atomic E-state index is 0. The fourth-order valence-corrected chi connectivity index (χ4v) is 0. The van der Waals surface area contributed by atoms with Crippen molar-refractivity contribution in [2.75, 3.05) is 0 Å². The van der Waals surface area contributed by atoms with Crippen LogP contribution in [0.5, 0.6) is 0 Å². The van der Waals surface area contributed by atoms with Crippen LogP contribution in [0.2, 0.25) is 0 Å². The van der Waals surface area contributed by atoms with Crippen molar-refractivity contribution in [2.45, 2.75) is 6.48 Å². The normalized spacial score (nSPS) is 7.20. The van der Waals surface area contributed by atoms with Gasteiger partial charge in [-0.3, -0.25) is 0 Å². The number of aliphatic hydroxyl groups excluding tert-OH is 1. The van der Waals surface area contributed by atoms with Crippen molar-refractivity contribution in [3.05, 3.63) is 0 Å². The summed E-state index contributed by atoms with van der Waals surface area (Å²) >= 11 is 0. The minimum atomic E-state index is -2.17. The van der Waals surface area contributed by atoms with Gasteiger partial charge in [0.05, 0.1) is 0 Å². The van der Waals surface area contributed by atoms with Crippen molar-refractivity contribution >= 4 is 0 Å². The molecule has 0 aliphatic carbocycles. The Morgan fingerprint density at radius 3 is 1.00 bits per heavy atom. The number of hydrogen-bond donors (Lipinski definition) is 4. The number of hydrogen-bond acceptors (Lipinski definition) is 4. The van der Waals surface area contributed by atoms with Crippen molar-refractivity contribution in [1.82, 2.24) is 6.15 Å². The van der Waals surface area contributed by atoms with Gasteiger partial charge < -0.3 is 21.5 Å². The predicted molar refractivity (Wildman–Crippen MR) is 15.5 cm³/mol. The van der Waals surface area contributed by atoms with E-state index in [-0.39, 0.29) is 6.15 Å². The summed E-state index contributed by atoms with van der Waals surface area (Å²) in [6, 6.07) is 0. The van der Waals surface area contributed by atoms with Crippen LogP contribution >= 0.6 is 0 Å². The van der Waals surface area contributed by atoms with E-state index in [0.717, 1.165) is 0 Å². The molecule has 0 aliphatic rings. The largest absolute Gasteiger partial charge is 0.346 e. The summed E-state index contributed by atoms with van der Waals surface area (Å²) in [7, 11) is 0. The second kappa shape index (κ2) is 3.84. The third kappa shape index (κ3) is 508. The fraction of sp³-hybridized carbons (Fsp3) is 1.00. The highest BCUT2D eigenvalue weighted by molar-refractivity contribution is 3.76. The van der Waals surface area contributed by atoms with Gasteiger partial charge in [-0.25, -0.2) is 0 Å². The van der Waals surface area contributed by atoms with E-state index in [9.17, 15) is 0 Å². The monoisotopic (exact) mass is 81.0 g/mol. The van der Waals surface area contributed by atoms with Gasteiger partial charge in [-0.2, -0.15) is 0 Å². The van der Waals surface area contributed by atoms with Gasteiger partial charge in [0, 0.05) is 0 Å². The maximum atomic E-state index is 7.17. The first-order valence-electron chi connectivity index (χ1n) is 0.775. The Hall–Kier alpha value is -0.160. The molecule has 6 N–H and O–H groups in total. The zero-order chi connectivity index (χ0) is 3.58. The molecule has 5 heavy (non-hydrogen) atoms. The number of aliphatic hydroxyl groups is 3. The van der Waals surface area contributed by atoms with Crippen LogP contribution in [0, 0.1) is 0 Å². The van der Waals surface area contributed by atoms with Crippen molar-refractivity contribution in [2.24, 2.45) is 0 Å². The Kier molecular flexibility index (Phi) is 6.80. The van der Waals surface area contributed by atoms with E-state index >= 15 is 0 Å². The molecule has 0 radical (unpaired) electrons. The molecule has 0 bridgehead atoms. The van der Waals surface area contributed by atoms with Gasteiger partial charge in [-0.15, -0.1) is 0 Å². The third-order valence-corrected chi connectivity index (χ3v) is 0. The van der Waals surface area contributed by atoms with Crippen LogP contribution in [-0.2, 0) is 0 Å². The summed E-state index contributed by atoms with van der Waals surface area (Å²) in [4.78, 5) is 0. The topological polar surface area (TPSA) is 95.7 Å². The Morgan fingerprint density at radius 1 is 1.00 bits per heavy atom. The molecule has 0 fully saturated rings. The Labute approximate surface area is 29.3 Å². The molecular weight excluding hydrogens is 74.0 g/mol. The van der Waals surface area contributed by atoms with E-state index < -0.39 is 6.48 Å². The molecule has 0 saturated heterocycles. The third-order valence-electron chi connectivity index (χ3n) is 0. The zero-order valence-electron chi connectivity index (χ0n) is 2.63. The average Bonchev–Trinajstić information content (AvgIpc) is 0.811. The van der Waals surface area contributed by atoms with Crippen LogP contribution < -0.4 is 6.15 Å². The van der Waals surface area contributed by atoms with Crippen LogP contribution in [-0.4, -0.2) is 21.8 Å². The van der Waals surface area contributed by atoms with Crippen LogP contribution in [0.3, 0.4) is 0 Å². The van der Waals surface area contributed by atoms with Gasteiger partial charge in [0.25, 0.3) is 6.48 Å². The molecule has 0 aliphatic heterocycles. The van der Waals surface area contributed by atoms with Gasteiger partial charge >= 0.3 is 0 Å². The van der Waals surface area contributed by atoms with E-state index in [2.05, 4.69) is 0 Å². The van der Waals surface area contributed by atoms with Gasteiger partial charge in [0.1, 0.15) is 0 Å². The quantitative estimate of drug-likeness (QED) is 0.264. The van der Waals surface area contributed by atoms with Crippen LogP contribution in [0.25, 0.3) is 0 Å². The molecule has 34 valence electrons. The van der Waals surface area contributed by atoms with Crippen molar-refractivity contribution in [3.63, 3.8) is 0 Å². The molecule has 0 aromatic heterocycles. The first-order chi connectivity index (χ1) is 1.73. The lowest BCUT2D eigenvalue weighted by Crippen LogP contribution is -1.98. The van der Waals surface area contributed by atoms with Crippen molar-refractivity contribution < 1.29 is 15.3 Å². The molecule has 0 amide bonds. The molecule has 0 spiro atoms. The molecule has 0 heterocycles. The first-order valence-corrected chi connectivity index (χ1v) is 0.775. The van der Waals surface area contributed by atoms with Crippen molar-refractivity contribution in [3.8, 4) is 0 Å². The number of rotatable bonds is 0. The van der Waals surface area contributed by atoms with E-state index in [0.29, 0.717) is 0 Å². The van der Waals surface area contributed by atoms with Gasteiger partial charge in [-0.05, 0) is 0 Å². The Morgan fingerprint density at radius 2 is 1.00 bits per heavy atom. The standard InChI is InChI=1S/CH4O3.H3N/c2-1(3)4;/h1-4H;1H3. The smallest absolute Gasteiger partial charge is 0.263 e. The Balaban J connectivity index is 0. The lowest BCUT2D eigenvalue weighted by Gasteiger charge is -1.80. The summed E-state index contributed by atoms with van der Waals surface area (Å²) in [6.45, 7) is -2.17. The van der Waals surface area contributed by atoms with Gasteiger partial charge in [0.15, 0.2) is 0 Å². The molecular formula is CH7NO3. The molecule has 4 nitrogen and oxygen atoms in total. The fourth-order valence-electron chi connectivity index (χ4n) is 0. The minimum Gasteiger partial charge on any atom is -0.346 e. The van der Waals surface area contributed by atoms with E-state index in [4.69, 9.17) is 15.3 Å². The summed E-state index contributed by atoms with van der Waals surface area (Å²) < 4.78 is 0. The van der Waals surface area contributed by atoms with Gasteiger partial charge in [0.2, 0.25) is 0 Å². The first kappa shape index (κ1) is 8.85. The van der Waals surface area contributed by atoms with Crippen LogP contribution in [0.15, 0.2) is 0 Å². The van der Waals surface area contributed by atoms with Gasteiger partial charge in [-0.1, -0.05) is 0 Å². The molecule has 4 heteroatoms. The highest BCUT2D eigenvalue weighted by Gasteiger charge is 1.72.